The molecule has 0 spiro atoms. The summed E-state index contributed by atoms with van der Waals surface area (Å²) in [4.78, 5) is 18.6. The summed E-state index contributed by atoms with van der Waals surface area (Å²) in [7, 11) is 0. The highest BCUT2D eigenvalue weighted by molar-refractivity contribution is 5.94. The predicted octanol–water partition coefficient (Wildman–Crippen LogP) is 1.72. The second-order valence-electron chi connectivity index (χ2n) is 6.32. The maximum Gasteiger partial charge on any atom is 0.255 e. The number of nitrogens with zero attached hydrogens (tertiary/aromatic N) is 2. The Hall–Kier alpha value is -1.42. The summed E-state index contributed by atoms with van der Waals surface area (Å²) in [6, 6.07) is 3.87. The monoisotopic (exact) mass is 261 g/mol. The number of nitrogens with one attached hydrogen (secondary N) is 1. The van der Waals surface area contributed by atoms with E-state index in [9.17, 15) is 4.79 Å². The van der Waals surface area contributed by atoms with Gasteiger partial charge in [-0.1, -0.05) is 20.8 Å². The van der Waals surface area contributed by atoms with Crippen LogP contribution in [-0.2, 0) is 6.42 Å². The van der Waals surface area contributed by atoms with Crippen LogP contribution in [0.1, 0.15) is 36.8 Å². The van der Waals surface area contributed by atoms with Crippen LogP contribution >= 0.6 is 0 Å². The van der Waals surface area contributed by atoms with Crippen LogP contribution in [0, 0.1) is 5.41 Å². The molecule has 1 aliphatic rings. The molecular weight excluding hydrogens is 238 g/mol. The molecule has 2 heterocycles. The van der Waals surface area contributed by atoms with E-state index >= 15 is 0 Å². The SMILES string of the molecule is CC(C)(C)Cc1ccc(C(=O)N2CCNCC2)cn1. The van der Waals surface area contributed by atoms with Gasteiger partial charge in [0, 0.05) is 38.1 Å². The Morgan fingerprint density at radius 3 is 2.53 bits per heavy atom. The second kappa shape index (κ2) is 5.70. The minimum Gasteiger partial charge on any atom is -0.336 e. The maximum atomic E-state index is 12.3. The van der Waals surface area contributed by atoms with Gasteiger partial charge in [-0.3, -0.25) is 9.78 Å². The second-order valence-corrected chi connectivity index (χ2v) is 6.32. The van der Waals surface area contributed by atoms with E-state index in [4.69, 9.17) is 0 Å². The number of carbonyl (C=O) groups excluding carboxylic acids is 1. The van der Waals surface area contributed by atoms with Crippen molar-refractivity contribution < 1.29 is 4.79 Å². The van der Waals surface area contributed by atoms with Crippen molar-refractivity contribution in [1.29, 1.82) is 0 Å². The molecule has 0 saturated carbocycles. The quantitative estimate of drug-likeness (QED) is 0.881. The summed E-state index contributed by atoms with van der Waals surface area (Å²) in [5.74, 6) is 0.0938. The lowest BCUT2D eigenvalue weighted by molar-refractivity contribution is 0.0735. The van der Waals surface area contributed by atoms with Gasteiger partial charge in [0.25, 0.3) is 5.91 Å². The van der Waals surface area contributed by atoms with E-state index in [1.54, 1.807) is 6.20 Å². The Kier molecular flexibility index (Phi) is 4.20. The average Bonchev–Trinajstić information content (AvgIpc) is 2.38. The molecule has 19 heavy (non-hydrogen) atoms. The first kappa shape index (κ1) is 14.0. The van der Waals surface area contributed by atoms with Crippen LogP contribution in [0.15, 0.2) is 18.3 Å². The van der Waals surface area contributed by atoms with Crippen LogP contribution in [0.5, 0.6) is 0 Å². The highest BCUT2D eigenvalue weighted by Gasteiger charge is 2.18. The number of hydrogen-bond donors (Lipinski definition) is 1. The third kappa shape index (κ3) is 4.03. The zero-order valence-electron chi connectivity index (χ0n) is 12.1. The fourth-order valence-corrected chi connectivity index (χ4v) is 2.25. The van der Waals surface area contributed by atoms with Crippen molar-refractivity contribution >= 4 is 5.91 Å². The van der Waals surface area contributed by atoms with Gasteiger partial charge in [-0.05, 0) is 24.0 Å². The highest BCUT2D eigenvalue weighted by Crippen LogP contribution is 2.19. The van der Waals surface area contributed by atoms with Crippen LogP contribution in [0.4, 0.5) is 0 Å². The highest BCUT2D eigenvalue weighted by atomic mass is 16.2. The van der Waals surface area contributed by atoms with E-state index in [1.807, 2.05) is 17.0 Å². The molecule has 4 heteroatoms. The molecule has 0 aromatic carbocycles. The van der Waals surface area contributed by atoms with Gasteiger partial charge in [-0.2, -0.15) is 0 Å². The van der Waals surface area contributed by atoms with Crippen LogP contribution < -0.4 is 5.32 Å². The van der Waals surface area contributed by atoms with Gasteiger partial charge in [0.2, 0.25) is 0 Å². The number of amides is 1. The molecule has 2 rings (SSSR count). The minimum atomic E-state index is 0.0938. The normalized spacial score (nSPS) is 16.5. The largest absolute Gasteiger partial charge is 0.336 e. The van der Waals surface area contributed by atoms with E-state index in [0.29, 0.717) is 5.56 Å². The molecule has 0 radical (unpaired) electrons. The molecule has 1 fully saturated rings. The molecule has 1 aromatic heterocycles. The Balaban J connectivity index is 2.03. The topological polar surface area (TPSA) is 45.2 Å². The summed E-state index contributed by atoms with van der Waals surface area (Å²) in [5, 5.41) is 3.25. The Bertz CT molecular complexity index is 428. The maximum absolute atomic E-state index is 12.3. The summed E-state index contributed by atoms with van der Waals surface area (Å²) in [5.41, 5.74) is 1.96. The van der Waals surface area contributed by atoms with E-state index in [-0.39, 0.29) is 11.3 Å². The first-order valence-electron chi connectivity index (χ1n) is 6.91. The van der Waals surface area contributed by atoms with Crippen molar-refractivity contribution in [3.8, 4) is 0 Å². The Morgan fingerprint density at radius 2 is 2.00 bits per heavy atom. The van der Waals surface area contributed by atoms with Crippen molar-refractivity contribution in [2.24, 2.45) is 5.41 Å². The average molecular weight is 261 g/mol. The zero-order chi connectivity index (χ0) is 13.9. The smallest absolute Gasteiger partial charge is 0.255 e. The van der Waals surface area contributed by atoms with Crippen molar-refractivity contribution in [2.45, 2.75) is 27.2 Å². The molecule has 1 saturated heterocycles. The summed E-state index contributed by atoms with van der Waals surface area (Å²) in [6.07, 6.45) is 2.64. The van der Waals surface area contributed by atoms with Gasteiger partial charge in [0.05, 0.1) is 5.56 Å². The molecule has 0 bridgehead atoms. The number of piperazine rings is 1. The molecule has 1 N–H and O–H groups in total. The van der Waals surface area contributed by atoms with E-state index < -0.39 is 0 Å². The van der Waals surface area contributed by atoms with E-state index in [2.05, 4.69) is 31.1 Å². The molecular formula is C15H23N3O. The lowest BCUT2D eigenvalue weighted by atomic mass is 9.90. The Labute approximate surface area is 115 Å². The molecule has 0 unspecified atom stereocenters. The molecule has 0 atom stereocenters. The van der Waals surface area contributed by atoms with Gasteiger partial charge < -0.3 is 10.2 Å². The van der Waals surface area contributed by atoms with Crippen LogP contribution in [0.3, 0.4) is 0 Å². The van der Waals surface area contributed by atoms with Gasteiger partial charge in [0.15, 0.2) is 0 Å². The Morgan fingerprint density at radius 1 is 1.32 bits per heavy atom. The number of pyridine rings is 1. The van der Waals surface area contributed by atoms with Crippen molar-refractivity contribution in [3.05, 3.63) is 29.6 Å². The molecule has 104 valence electrons. The molecule has 1 aliphatic heterocycles. The third-order valence-corrected chi connectivity index (χ3v) is 3.19. The van der Waals surface area contributed by atoms with Crippen molar-refractivity contribution in [3.63, 3.8) is 0 Å². The number of carbonyl (C=O) groups is 1. The first-order chi connectivity index (χ1) is 8.96. The summed E-state index contributed by atoms with van der Waals surface area (Å²) < 4.78 is 0. The lowest BCUT2D eigenvalue weighted by Gasteiger charge is -2.27. The summed E-state index contributed by atoms with van der Waals surface area (Å²) in [6.45, 7) is 9.88. The van der Waals surface area contributed by atoms with Gasteiger partial charge in [0.1, 0.15) is 0 Å². The van der Waals surface area contributed by atoms with Gasteiger partial charge in [-0.25, -0.2) is 0 Å². The van der Waals surface area contributed by atoms with Crippen molar-refractivity contribution in [2.75, 3.05) is 26.2 Å². The summed E-state index contributed by atoms with van der Waals surface area (Å²) >= 11 is 0. The zero-order valence-corrected chi connectivity index (χ0v) is 12.1. The van der Waals surface area contributed by atoms with Gasteiger partial charge >= 0.3 is 0 Å². The lowest BCUT2D eigenvalue weighted by Crippen LogP contribution is -2.46. The van der Waals surface area contributed by atoms with E-state index in [0.717, 1.165) is 38.3 Å². The fraction of sp³-hybridized carbons (Fsp3) is 0.600. The van der Waals surface area contributed by atoms with Crippen LogP contribution in [-0.4, -0.2) is 42.0 Å². The number of aromatic nitrogens is 1. The van der Waals surface area contributed by atoms with Gasteiger partial charge in [-0.15, -0.1) is 0 Å². The number of rotatable bonds is 2. The predicted molar refractivity (Wildman–Crippen MR) is 76.2 cm³/mol. The minimum absolute atomic E-state index is 0.0938. The van der Waals surface area contributed by atoms with Crippen LogP contribution in [0.2, 0.25) is 0 Å². The standard InChI is InChI=1S/C15H23N3O/c1-15(2,3)10-13-5-4-12(11-17-13)14(19)18-8-6-16-7-9-18/h4-5,11,16H,6-10H2,1-3H3. The van der Waals surface area contributed by atoms with Crippen LogP contribution in [0.25, 0.3) is 0 Å². The molecule has 4 nitrogen and oxygen atoms in total. The molecule has 1 aromatic rings. The van der Waals surface area contributed by atoms with E-state index in [1.165, 1.54) is 0 Å². The molecule has 0 aliphatic carbocycles. The third-order valence-electron chi connectivity index (χ3n) is 3.19. The van der Waals surface area contributed by atoms with Crippen molar-refractivity contribution in [1.82, 2.24) is 15.2 Å². The number of hydrogen-bond acceptors (Lipinski definition) is 3. The first-order valence-corrected chi connectivity index (χ1v) is 6.91. The molecule has 1 amide bonds. The fourth-order valence-electron chi connectivity index (χ4n) is 2.25.